The summed E-state index contributed by atoms with van der Waals surface area (Å²) in [6.45, 7) is 3.18. The second kappa shape index (κ2) is 4.92. The molecular formula is C11H13F2NO2. The number of carbonyl (C=O) groups excluding carboxylic acids is 1. The largest absolute Gasteiger partial charge is 0.466 e. The average Bonchev–Trinajstić information content (AvgIpc) is 2.16. The molecule has 0 spiro atoms. The van der Waals surface area contributed by atoms with Crippen LogP contribution >= 0.6 is 0 Å². The Morgan fingerprint density at radius 1 is 1.44 bits per heavy atom. The van der Waals surface area contributed by atoms with Crippen LogP contribution in [0.3, 0.4) is 0 Å². The lowest BCUT2D eigenvalue weighted by atomic mass is 9.99. The minimum absolute atomic E-state index is 0.0187. The van der Waals surface area contributed by atoms with Crippen LogP contribution < -0.4 is 5.73 Å². The molecule has 0 aliphatic heterocycles. The predicted molar refractivity (Wildman–Crippen MR) is 55.8 cm³/mol. The van der Waals surface area contributed by atoms with Crippen LogP contribution in [-0.2, 0) is 9.53 Å². The maximum absolute atomic E-state index is 13.4. The zero-order valence-corrected chi connectivity index (χ0v) is 9.09. The first kappa shape index (κ1) is 12.4. The minimum Gasteiger partial charge on any atom is -0.466 e. The number of anilines is 1. The number of nitrogen functional groups attached to an aromatic ring is 1. The molecule has 1 unspecified atom stereocenters. The fourth-order valence-corrected chi connectivity index (χ4v) is 1.40. The van der Waals surface area contributed by atoms with Crippen LogP contribution in [-0.4, -0.2) is 12.6 Å². The van der Waals surface area contributed by atoms with Gasteiger partial charge < -0.3 is 10.5 Å². The second-order valence-corrected chi connectivity index (χ2v) is 3.37. The highest BCUT2D eigenvalue weighted by Gasteiger charge is 2.24. The Bertz CT molecular complexity index is 384. The summed E-state index contributed by atoms with van der Waals surface area (Å²) in [4.78, 5) is 11.3. The molecule has 0 radical (unpaired) electrons. The summed E-state index contributed by atoms with van der Waals surface area (Å²) in [6.07, 6.45) is 0. The number of carbonyl (C=O) groups is 1. The molecule has 0 fully saturated rings. The standard InChI is InChI=1S/C11H13F2NO2/c1-3-16-11(15)6(2)10-8(12)4-7(14)5-9(10)13/h4-6H,3,14H2,1-2H3. The van der Waals surface area contributed by atoms with E-state index in [1.807, 2.05) is 0 Å². The average molecular weight is 229 g/mol. The Morgan fingerprint density at radius 3 is 2.38 bits per heavy atom. The monoisotopic (exact) mass is 229 g/mol. The van der Waals surface area contributed by atoms with Crippen molar-refractivity contribution in [3.05, 3.63) is 29.3 Å². The molecule has 0 bridgehead atoms. The molecule has 0 aliphatic rings. The summed E-state index contributed by atoms with van der Waals surface area (Å²) >= 11 is 0. The van der Waals surface area contributed by atoms with Crippen molar-refractivity contribution in [3.63, 3.8) is 0 Å². The van der Waals surface area contributed by atoms with E-state index in [0.29, 0.717) is 0 Å². The van der Waals surface area contributed by atoms with E-state index in [1.54, 1.807) is 6.92 Å². The molecule has 1 atom stereocenters. The summed E-state index contributed by atoms with van der Waals surface area (Å²) in [6, 6.07) is 1.96. The van der Waals surface area contributed by atoms with Crippen LogP contribution in [0.15, 0.2) is 12.1 Å². The van der Waals surface area contributed by atoms with Crippen molar-refractivity contribution >= 4 is 11.7 Å². The van der Waals surface area contributed by atoms with Gasteiger partial charge in [-0.15, -0.1) is 0 Å². The van der Waals surface area contributed by atoms with Gasteiger partial charge in [0.05, 0.1) is 12.5 Å². The van der Waals surface area contributed by atoms with E-state index in [1.165, 1.54) is 6.92 Å². The highest BCUT2D eigenvalue weighted by atomic mass is 19.1. The molecule has 3 nitrogen and oxygen atoms in total. The van der Waals surface area contributed by atoms with E-state index < -0.39 is 23.5 Å². The van der Waals surface area contributed by atoms with Crippen molar-refractivity contribution in [1.82, 2.24) is 0 Å². The van der Waals surface area contributed by atoms with Gasteiger partial charge in [0.1, 0.15) is 11.6 Å². The highest BCUT2D eigenvalue weighted by molar-refractivity contribution is 5.78. The number of hydrogen-bond donors (Lipinski definition) is 1. The smallest absolute Gasteiger partial charge is 0.313 e. The van der Waals surface area contributed by atoms with Gasteiger partial charge in [-0.1, -0.05) is 0 Å². The van der Waals surface area contributed by atoms with Gasteiger partial charge in [0.25, 0.3) is 0 Å². The fourth-order valence-electron chi connectivity index (χ4n) is 1.40. The Labute approximate surface area is 92.2 Å². The molecule has 1 aromatic carbocycles. The van der Waals surface area contributed by atoms with Crippen molar-refractivity contribution in [3.8, 4) is 0 Å². The van der Waals surface area contributed by atoms with E-state index in [0.717, 1.165) is 12.1 Å². The number of halogens is 2. The van der Waals surface area contributed by atoms with E-state index in [2.05, 4.69) is 0 Å². The normalized spacial score (nSPS) is 12.2. The topological polar surface area (TPSA) is 52.3 Å². The zero-order chi connectivity index (χ0) is 12.3. The third kappa shape index (κ3) is 2.48. The van der Waals surface area contributed by atoms with Gasteiger partial charge in [-0.2, -0.15) is 0 Å². The maximum Gasteiger partial charge on any atom is 0.313 e. The lowest BCUT2D eigenvalue weighted by molar-refractivity contribution is -0.144. The Hall–Kier alpha value is -1.65. The Morgan fingerprint density at radius 2 is 1.94 bits per heavy atom. The number of hydrogen-bond acceptors (Lipinski definition) is 3. The lowest BCUT2D eigenvalue weighted by Gasteiger charge is -2.13. The van der Waals surface area contributed by atoms with Crippen molar-refractivity contribution in [2.24, 2.45) is 0 Å². The molecule has 0 aliphatic carbocycles. The van der Waals surface area contributed by atoms with Gasteiger partial charge in [-0.05, 0) is 26.0 Å². The third-order valence-corrected chi connectivity index (χ3v) is 2.17. The molecule has 0 saturated carbocycles. The summed E-state index contributed by atoms with van der Waals surface area (Å²) < 4.78 is 31.6. The molecular weight excluding hydrogens is 216 g/mol. The summed E-state index contributed by atoms with van der Waals surface area (Å²) in [7, 11) is 0. The molecule has 0 heterocycles. The third-order valence-electron chi connectivity index (χ3n) is 2.17. The summed E-state index contributed by atoms with van der Waals surface area (Å²) in [5.74, 6) is -3.32. The lowest BCUT2D eigenvalue weighted by Crippen LogP contribution is -2.16. The van der Waals surface area contributed by atoms with Gasteiger partial charge in [0.15, 0.2) is 0 Å². The molecule has 0 amide bonds. The molecule has 16 heavy (non-hydrogen) atoms. The van der Waals surface area contributed by atoms with Crippen molar-refractivity contribution in [1.29, 1.82) is 0 Å². The SMILES string of the molecule is CCOC(=O)C(C)c1c(F)cc(N)cc1F. The van der Waals surface area contributed by atoms with Crippen molar-refractivity contribution in [2.75, 3.05) is 12.3 Å². The zero-order valence-electron chi connectivity index (χ0n) is 9.09. The first-order chi connectivity index (χ1) is 7.47. The van der Waals surface area contributed by atoms with E-state index >= 15 is 0 Å². The quantitative estimate of drug-likeness (QED) is 0.638. The van der Waals surface area contributed by atoms with Crippen LogP contribution in [0.2, 0.25) is 0 Å². The van der Waals surface area contributed by atoms with Crippen LogP contribution in [0, 0.1) is 11.6 Å². The molecule has 1 rings (SSSR count). The first-order valence-corrected chi connectivity index (χ1v) is 4.88. The van der Waals surface area contributed by atoms with Crippen molar-refractivity contribution < 1.29 is 18.3 Å². The van der Waals surface area contributed by atoms with Crippen LogP contribution in [0.4, 0.5) is 14.5 Å². The van der Waals surface area contributed by atoms with E-state index in [-0.39, 0.29) is 17.9 Å². The van der Waals surface area contributed by atoms with Crippen LogP contribution in [0.25, 0.3) is 0 Å². The molecule has 1 aromatic rings. The van der Waals surface area contributed by atoms with Crippen LogP contribution in [0.5, 0.6) is 0 Å². The van der Waals surface area contributed by atoms with E-state index in [9.17, 15) is 13.6 Å². The Kier molecular flexibility index (Phi) is 3.82. The molecule has 88 valence electrons. The number of nitrogens with two attached hydrogens (primary N) is 1. The van der Waals surface area contributed by atoms with Crippen LogP contribution in [0.1, 0.15) is 25.3 Å². The van der Waals surface area contributed by atoms with E-state index in [4.69, 9.17) is 10.5 Å². The molecule has 0 saturated heterocycles. The number of esters is 1. The molecule has 0 aromatic heterocycles. The van der Waals surface area contributed by atoms with Crippen molar-refractivity contribution in [2.45, 2.75) is 19.8 Å². The van der Waals surface area contributed by atoms with Gasteiger partial charge in [-0.3, -0.25) is 4.79 Å². The fraction of sp³-hybridized carbons (Fsp3) is 0.364. The maximum atomic E-state index is 13.4. The minimum atomic E-state index is -0.986. The van der Waals surface area contributed by atoms with Gasteiger partial charge in [0.2, 0.25) is 0 Å². The van der Waals surface area contributed by atoms with Gasteiger partial charge in [0, 0.05) is 11.3 Å². The number of ether oxygens (including phenoxy) is 1. The van der Waals surface area contributed by atoms with Gasteiger partial charge in [-0.25, -0.2) is 8.78 Å². The molecule has 2 N–H and O–H groups in total. The predicted octanol–water partition coefficient (Wildman–Crippen LogP) is 2.21. The summed E-state index contributed by atoms with van der Waals surface area (Å²) in [5.41, 5.74) is 4.94. The Balaban J connectivity index is 3.08. The second-order valence-electron chi connectivity index (χ2n) is 3.37. The molecule has 5 heteroatoms. The number of benzene rings is 1. The number of rotatable bonds is 3. The first-order valence-electron chi connectivity index (χ1n) is 4.88. The van der Waals surface area contributed by atoms with Gasteiger partial charge >= 0.3 is 5.97 Å². The highest BCUT2D eigenvalue weighted by Crippen LogP contribution is 2.25. The summed E-state index contributed by atoms with van der Waals surface area (Å²) in [5, 5.41) is 0.